The van der Waals surface area contributed by atoms with Crippen LogP contribution in [0.3, 0.4) is 0 Å². The molecule has 0 aliphatic carbocycles. The summed E-state index contributed by atoms with van der Waals surface area (Å²) in [4.78, 5) is 9.64. The molecule has 0 aliphatic rings. The molecule has 0 aromatic heterocycles. The molecule has 12 heavy (non-hydrogen) atoms. The maximum absolute atomic E-state index is 10.6. The van der Waals surface area contributed by atoms with E-state index in [0.717, 1.165) is 0 Å². The number of nitrogens with zero attached hydrogens (tertiary/aromatic N) is 1. The first-order valence-corrected chi connectivity index (χ1v) is 5.29. The topological polar surface area (TPSA) is 80.4 Å². The molecule has 1 rings (SSSR count). The van der Waals surface area contributed by atoms with Crippen molar-refractivity contribution in [3.05, 3.63) is 34.4 Å². The molecule has 1 unspecified atom stereocenters. The second-order valence-electron chi connectivity index (χ2n) is 1.97. The van der Waals surface area contributed by atoms with Crippen molar-refractivity contribution in [2.24, 2.45) is 0 Å². The molecular weight excluding hydrogens is 229 g/mol. The predicted molar refractivity (Wildman–Crippen MR) is 41.4 cm³/mol. The standard InChI is InChI=1S/C6H5NO4Se/c8-7(9)5-3-1-2-4-6(5)12(10)11/h1-4H,(H,10,11). The molecule has 0 spiro atoms. The third-order valence-corrected chi connectivity index (χ3v) is 2.76. The Morgan fingerprint density at radius 2 is 2.00 bits per heavy atom. The van der Waals surface area contributed by atoms with Gasteiger partial charge in [-0.15, -0.1) is 0 Å². The fraction of sp³-hybridized carbons (Fsp3) is 0. The Hall–Kier alpha value is -1.10. The Balaban J connectivity index is 3.27. The van der Waals surface area contributed by atoms with Gasteiger partial charge in [-0.3, -0.25) is 0 Å². The minimum absolute atomic E-state index is 0.0810. The van der Waals surface area contributed by atoms with Crippen molar-refractivity contribution in [1.82, 2.24) is 0 Å². The summed E-state index contributed by atoms with van der Waals surface area (Å²) in [6.07, 6.45) is 0. The van der Waals surface area contributed by atoms with Gasteiger partial charge in [-0.05, 0) is 0 Å². The first kappa shape index (κ1) is 8.99. The summed E-state index contributed by atoms with van der Waals surface area (Å²) in [7, 11) is 0. The van der Waals surface area contributed by atoms with E-state index in [1.54, 1.807) is 0 Å². The minimum atomic E-state index is -3.19. The summed E-state index contributed by atoms with van der Waals surface area (Å²) in [5.41, 5.74) is -0.292. The van der Waals surface area contributed by atoms with E-state index in [2.05, 4.69) is 0 Å². The summed E-state index contributed by atoms with van der Waals surface area (Å²) >= 11 is -3.19. The van der Waals surface area contributed by atoms with Gasteiger partial charge >= 0.3 is 71.6 Å². The van der Waals surface area contributed by atoms with Crippen LogP contribution in [-0.2, 0) is 3.83 Å². The van der Waals surface area contributed by atoms with Crippen molar-refractivity contribution in [3.8, 4) is 0 Å². The van der Waals surface area contributed by atoms with Gasteiger partial charge in [0, 0.05) is 0 Å². The first-order valence-electron chi connectivity index (χ1n) is 2.97. The average Bonchev–Trinajstić information content (AvgIpc) is 2.04. The first-order chi connectivity index (χ1) is 5.63. The van der Waals surface area contributed by atoms with E-state index in [1.165, 1.54) is 24.3 Å². The van der Waals surface area contributed by atoms with Gasteiger partial charge in [0.05, 0.1) is 0 Å². The molecule has 0 fully saturated rings. The van der Waals surface area contributed by atoms with Gasteiger partial charge in [-0.25, -0.2) is 0 Å². The molecule has 1 atom stereocenters. The van der Waals surface area contributed by atoms with Crippen LogP contribution in [0, 0.1) is 10.1 Å². The van der Waals surface area contributed by atoms with E-state index in [0.29, 0.717) is 0 Å². The van der Waals surface area contributed by atoms with Gasteiger partial charge in [0.25, 0.3) is 0 Å². The Labute approximate surface area is 72.2 Å². The zero-order valence-electron chi connectivity index (χ0n) is 5.84. The number of para-hydroxylation sites is 1. The molecule has 0 amide bonds. The van der Waals surface area contributed by atoms with Gasteiger partial charge in [-0.2, -0.15) is 0 Å². The van der Waals surface area contributed by atoms with Crippen molar-refractivity contribution in [2.75, 3.05) is 0 Å². The quantitative estimate of drug-likeness (QED) is 0.433. The number of benzene rings is 1. The molecule has 1 N–H and O–H groups in total. The summed E-state index contributed by atoms with van der Waals surface area (Å²) in [6, 6.07) is 5.44. The Morgan fingerprint density at radius 3 is 2.42 bits per heavy atom. The summed E-state index contributed by atoms with van der Waals surface area (Å²) in [6.45, 7) is 0. The van der Waals surface area contributed by atoms with Crippen LogP contribution in [0.1, 0.15) is 0 Å². The number of rotatable bonds is 2. The van der Waals surface area contributed by atoms with Crippen LogP contribution in [0.2, 0.25) is 0 Å². The summed E-state index contributed by atoms with van der Waals surface area (Å²) in [5, 5.41) is 10.3. The van der Waals surface area contributed by atoms with Crippen molar-refractivity contribution in [1.29, 1.82) is 0 Å². The zero-order chi connectivity index (χ0) is 9.14. The van der Waals surface area contributed by atoms with Gasteiger partial charge in [0.15, 0.2) is 0 Å². The van der Waals surface area contributed by atoms with E-state index >= 15 is 0 Å². The maximum atomic E-state index is 10.6. The molecule has 0 aliphatic heterocycles. The van der Waals surface area contributed by atoms with Crippen molar-refractivity contribution < 1.29 is 12.9 Å². The number of hydrogen-bond acceptors (Lipinski definition) is 3. The van der Waals surface area contributed by atoms with E-state index in [1.807, 2.05) is 0 Å². The zero-order valence-corrected chi connectivity index (χ0v) is 7.55. The molecule has 0 saturated carbocycles. The second-order valence-corrected chi connectivity index (χ2v) is 3.94. The van der Waals surface area contributed by atoms with Crippen LogP contribution >= 0.6 is 0 Å². The van der Waals surface area contributed by atoms with E-state index in [-0.39, 0.29) is 10.1 Å². The van der Waals surface area contributed by atoms with E-state index < -0.39 is 19.1 Å². The average molecular weight is 234 g/mol. The predicted octanol–water partition coefficient (Wildman–Crippen LogP) is -0.287. The van der Waals surface area contributed by atoms with Crippen LogP contribution < -0.4 is 4.46 Å². The second kappa shape index (κ2) is 3.53. The Kier molecular flexibility index (Phi) is 2.65. The van der Waals surface area contributed by atoms with E-state index in [9.17, 15) is 13.9 Å². The van der Waals surface area contributed by atoms with Gasteiger partial charge in [0.1, 0.15) is 0 Å². The van der Waals surface area contributed by atoms with Gasteiger partial charge in [-0.1, -0.05) is 0 Å². The summed E-state index contributed by atoms with van der Waals surface area (Å²) < 4.78 is 19.3. The van der Waals surface area contributed by atoms with Gasteiger partial charge < -0.3 is 0 Å². The normalized spacial score (nSPS) is 12.4. The molecule has 64 valence electrons. The van der Waals surface area contributed by atoms with Crippen LogP contribution in [0.5, 0.6) is 0 Å². The van der Waals surface area contributed by atoms with Crippen LogP contribution in [-0.4, -0.2) is 23.3 Å². The van der Waals surface area contributed by atoms with Crippen molar-refractivity contribution in [2.45, 2.75) is 0 Å². The van der Waals surface area contributed by atoms with Crippen molar-refractivity contribution in [3.63, 3.8) is 0 Å². The van der Waals surface area contributed by atoms with Gasteiger partial charge in [0.2, 0.25) is 0 Å². The fourth-order valence-electron chi connectivity index (χ4n) is 0.756. The third-order valence-electron chi connectivity index (χ3n) is 1.25. The number of nitro groups is 1. The molecule has 0 saturated heterocycles. The molecule has 1 aromatic carbocycles. The van der Waals surface area contributed by atoms with Crippen LogP contribution in [0.15, 0.2) is 24.3 Å². The molecule has 5 nitrogen and oxygen atoms in total. The molecule has 6 heteroatoms. The molecule has 0 bridgehead atoms. The molecule has 1 aromatic rings. The van der Waals surface area contributed by atoms with Crippen LogP contribution in [0.25, 0.3) is 0 Å². The SMILES string of the molecule is O=[N+]([O-])c1ccccc1[Se](=O)O. The fourth-order valence-corrected chi connectivity index (χ4v) is 1.84. The summed E-state index contributed by atoms with van der Waals surface area (Å²) in [5.74, 6) is 0. The molecular formula is C6H5NO4Se. The number of hydrogen-bond donors (Lipinski definition) is 1. The third kappa shape index (κ3) is 1.73. The molecule has 0 heterocycles. The van der Waals surface area contributed by atoms with E-state index in [4.69, 9.17) is 4.19 Å². The van der Waals surface area contributed by atoms with Crippen LogP contribution in [0.4, 0.5) is 5.69 Å². The monoisotopic (exact) mass is 235 g/mol. The Bertz CT molecular complexity index is 305. The number of nitro benzene ring substituents is 1. The molecule has 0 radical (unpaired) electrons. The Morgan fingerprint density at radius 1 is 1.42 bits per heavy atom. The van der Waals surface area contributed by atoms with Crippen molar-refractivity contribution >= 4 is 24.3 Å².